The van der Waals surface area contributed by atoms with E-state index in [0.717, 1.165) is 13.1 Å². The predicted molar refractivity (Wildman–Crippen MR) is 88.5 cm³/mol. The summed E-state index contributed by atoms with van der Waals surface area (Å²) in [5, 5.41) is 3.58. The SMILES string of the molecule is CC(C)(C)c1ccc(CNCCN2CCSCC2)s1. The van der Waals surface area contributed by atoms with Crippen molar-refractivity contribution in [1.29, 1.82) is 0 Å². The van der Waals surface area contributed by atoms with Gasteiger partial charge in [-0.2, -0.15) is 11.8 Å². The second kappa shape index (κ2) is 7.11. The Morgan fingerprint density at radius 1 is 1.21 bits per heavy atom. The van der Waals surface area contributed by atoms with Gasteiger partial charge < -0.3 is 10.2 Å². The molecule has 0 spiro atoms. The Bertz CT molecular complexity index is 376. The molecule has 1 N–H and O–H groups in total. The topological polar surface area (TPSA) is 15.3 Å². The largest absolute Gasteiger partial charge is 0.311 e. The van der Waals surface area contributed by atoms with Crippen molar-refractivity contribution in [2.45, 2.75) is 32.7 Å². The molecule has 2 rings (SSSR count). The summed E-state index contributed by atoms with van der Waals surface area (Å²) < 4.78 is 0. The molecule has 1 aliphatic rings. The first-order valence-electron chi connectivity index (χ1n) is 7.16. The van der Waals surface area contributed by atoms with E-state index >= 15 is 0 Å². The molecule has 0 unspecified atom stereocenters. The molecular weight excluding hydrogens is 272 g/mol. The van der Waals surface area contributed by atoms with Crippen LogP contribution in [0.5, 0.6) is 0 Å². The van der Waals surface area contributed by atoms with Gasteiger partial charge in [0.05, 0.1) is 0 Å². The van der Waals surface area contributed by atoms with Crippen molar-refractivity contribution in [3.05, 3.63) is 21.9 Å². The van der Waals surface area contributed by atoms with Gasteiger partial charge in [-0.1, -0.05) is 20.8 Å². The maximum atomic E-state index is 3.58. The third-order valence-corrected chi connectivity index (χ3v) is 5.86. The monoisotopic (exact) mass is 298 g/mol. The van der Waals surface area contributed by atoms with Crippen LogP contribution in [0.4, 0.5) is 0 Å². The highest BCUT2D eigenvalue weighted by atomic mass is 32.2. The molecule has 0 radical (unpaired) electrons. The number of thiophene rings is 1. The van der Waals surface area contributed by atoms with Crippen molar-refractivity contribution in [1.82, 2.24) is 10.2 Å². The second-order valence-electron chi connectivity index (χ2n) is 6.15. The van der Waals surface area contributed by atoms with Crippen LogP contribution >= 0.6 is 23.1 Å². The van der Waals surface area contributed by atoms with Crippen molar-refractivity contribution < 1.29 is 0 Å². The minimum Gasteiger partial charge on any atom is -0.311 e. The molecule has 19 heavy (non-hydrogen) atoms. The first kappa shape index (κ1) is 15.4. The summed E-state index contributed by atoms with van der Waals surface area (Å²) in [6.07, 6.45) is 0. The van der Waals surface area contributed by atoms with Gasteiger partial charge in [-0.25, -0.2) is 0 Å². The van der Waals surface area contributed by atoms with Gasteiger partial charge >= 0.3 is 0 Å². The number of nitrogens with one attached hydrogen (secondary N) is 1. The highest BCUT2D eigenvalue weighted by Gasteiger charge is 2.15. The maximum Gasteiger partial charge on any atom is 0.0300 e. The van der Waals surface area contributed by atoms with E-state index in [1.54, 1.807) is 0 Å². The van der Waals surface area contributed by atoms with E-state index in [0.29, 0.717) is 0 Å². The minimum absolute atomic E-state index is 0.286. The van der Waals surface area contributed by atoms with Crippen LogP contribution in [0.2, 0.25) is 0 Å². The van der Waals surface area contributed by atoms with E-state index in [2.05, 4.69) is 54.9 Å². The molecule has 0 amide bonds. The van der Waals surface area contributed by atoms with Gasteiger partial charge in [0.2, 0.25) is 0 Å². The normalized spacial score (nSPS) is 17.8. The maximum absolute atomic E-state index is 3.58. The second-order valence-corrected chi connectivity index (χ2v) is 8.54. The number of thioether (sulfide) groups is 1. The van der Waals surface area contributed by atoms with Crippen LogP contribution in [0.25, 0.3) is 0 Å². The number of hydrogen-bond donors (Lipinski definition) is 1. The Balaban J connectivity index is 1.66. The number of nitrogens with zero attached hydrogens (tertiary/aromatic N) is 1. The zero-order chi connectivity index (χ0) is 13.7. The van der Waals surface area contributed by atoms with Gasteiger partial charge in [0.1, 0.15) is 0 Å². The molecule has 0 bridgehead atoms. The first-order valence-corrected chi connectivity index (χ1v) is 9.13. The average molecular weight is 299 g/mol. The van der Waals surface area contributed by atoms with Crippen LogP contribution in [-0.4, -0.2) is 42.6 Å². The smallest absolute Gasteiger partial charge is 0.0300 e. The number of hydrogen-bond acceptors (Lipinski definition) is 4. The molecule has 2 heterocycles. The molecule has 1 aliphatic heterocycles. The van der Waals surface area contributed by atoms with E-state index in [4.69, 9.17) is 0 Å². The fourth-order valence-electron chi connectivity index (χ4n) is 2.15. The molecule has 4 heteroatoms. The summed E-state index contributed by atoms with van der Waals surface area (Å²) in [5.41, 5.74) is 0.286. The van der Waals surface area contributed by atoms with Crippen LogP contribution < -0.4 is 5.32 Å². The van der Waals surface area contributed by atoms with Gasteiger partial charge in [0, 0.05) is 54.0 Å². The van der Waals surface area contributed by atoms with Gasteiger partial charge in [0.25, 0.3) is 0 Å². The summed E-state index contributed by atoms with van der Waals surface area (Å²) in [4.78, 5) is 5.51. The van der Waals surface area contributed by atoms with E-state index in [1.165, 1.54) is 40.9 Å². The molecule has 1 aromatic rings. The summed E-state index contributed by atoms with van der Waals surface area (Å²) in [7, 11) is 0. The lowest BCUT2D eigenvalue weighted by Crippen LogP contribution is -2.37. The highest BCUT2D eigenvalue weighted by molar-refractivity contribution is 7.99. The predicted octanol–water partition coefficient (Wildman–Crippen LogP) is 3.18. The first-order chi connectivity index (χ1) is 9.05. The van der Waals surface area contributed by atoms with Crippen molar-refractivity contribution >= 4 is 23.1 Å². The zero-order valence-corrected chi connectivity index (χ0v) is 14.0. The van der Waals surface area contributed by atoms with Crippen molar-refractivity contribution in [3.63, 3.8) is 0 Å². The van der Waals surface area contributed by atoms with E-state index in [1.807, 2.05) is 11.3 Å². The van der Waals surface area contributed by atoms with Gasteiger partial charge in [-0.05, 0) is 17.5 Å². The Labute approximate surface area is 126 Å². The lowest BCUT2D eigenvalue weighted by Gasteiger charge is -2.26. The Morgan fingerprint density at radius 2 is 1.95 bits per heavy atom. The zero-order valence-electron chi connectivity index (χ0n) is 12.4. The molecule has 1 fully saturated rings. The Morgan fingerprint density at radius 3 is 2.58 bits per heavy atom. The van der Waals surface area contributed by atoms with Gasteiger partial charge in [-0.15, -0.1) is 11.3 Å². The molecule has 0 aromatic carbocycles. The summed E-state index contributed by atoms with van der Waals surface area (Å²) in [6.45, 7) is 12.7. The van der Waals surface area contributed by atoms with Crippen LogP contribution in [0.1, 0.15) is 30.5 Å². The fraction of sp³-hybridized carbons (Fsp3) is 0.733. The fourth-order valence-corrected chi connectivity index (χ4v) is 4.16. The van der Waals surface area contributed by atoms with Crippen LogP contribution in [0, 0.1) is 0 Å². The van der Waals surface area contributed by atoms with Gasteiger partial charge in [-0.3, -0.25) is 0 Å². The minimum atomic E-state index is 0.286. The lowest BCUT2D eigenvalue weighted by molar-refractivity contribution is 0.301. The lowest BCUT2D eigenvalue weighted by atomic mass is 9.95. The van der Waals surface area contributed by atoms with E-state index in [-0.39, 0.29) is 5.41 Å². The molecule has 1 saturated heterocycles. The van der Waals surface area contributed by atoms with Crippen LogP contribution in [0.3, 0.4) is 0 Å². The molecule has 0 aliphatic carbocycles. The van der Waals surface area contributed by atoms with Crippen LogP contribution in [0.15, 0.2) is 12.1 Å². The third kappa shape index (κ3) is 5.10. The van der Waals surface area contributed by atoms with Crippen LogP contribution in [-0.2, 0) is 12.0 Å². The molecule has 108 valence electrons. The van der Waals surface area contributed by atoms with Crippen molar-refractivity contribution in [3.8, 4) is 0 Å². The third-order valence-electron chi connectivity index (χ3n) is 3.41. The quantitative estimate of drug-likeness (QED) is 0.841. The standard InChI is InChI=1S/C15H26N2S2/c1-15(2,3)14-5-4-13(19-14)12-16-6-7-17-8-10-18-11-9-17/h4-5,16H,6-12H2,1-3H3. The summed E-state index contributed by atoms with van der Waals surface area (Å²) >= 11 is 4.03. The molecule has 0 atom stereocenters. The van der Waals surface area contributed by atoms with Gasteiger partial charge in [0.15, 0.2) is 0 Å². The summed E-state index contributed by atoms with van der Waals surface area (Å²) in [6, 6.07) is 4.55. The number of rotatable bonds is 5. The molecule has 1 aromatic heterocycles. The average Bonchev–Trinajstić information content (AvgIpc) is 2.85. The van der Waals surface area contributed by atoms with Crippen molar-refractivity contribution in [2.75, 3.05) is 37.7 Å². The highest BCUT2D eigenvalue weighted by Crippen LogP contribution is 2.29. The Hall–Kier alpha value is -0.0300. The van der Waals surface area contributed by atoms with E-state index < -0.39 is 0 Å². The Kier molecular flexibility index (Phi) is 5.75. The molecule has 2 nitrogen and oxygen atoms in total. The summed E-state index contributed by atoms with van der Waals surface area (Å²) in [5.74, 6) is 2.61. The molecular formula is C15H26N2S2. The van der Waals surface area contributed by atoms with E-state index in [9.17, 15) is 0 Å². The van der Waals surface area contributed by atoms with Crippen molar-refractivity contribution in [2.24, 2.45) is 0 Å². The molecule has 0 saturated carbocycles.